The Labute approximate surface area is 103 Å². The Bertz CT molecular complexity index is 353. The highest BCUT2D eigenvalue weighted by Crippen LogP contribution is 2.27. The van der Waals surface area contributed by atoms with Gasteiger partial charge in [-0.05, 0) is 30.4 Å². The van der Waals surface area contributed by atoms with Crippen molar-refractivity contribution in [3.8, 4) is 0 Å². The molecule has 94 valence electrons. The fourth-order valence-electron chi connectivity index (χ4n) is 2.33. The van der Waals surface area contributed by atoms with Crippen molar-refractivity contribution in [1.29, 1.82) is 0 Å². The summed E-state index contributed by atoms with van der Waals surface area (Å²) in [4.78, 5) is 6.73. The van der Waals surface area contributed by atoms with Crippen LogP contribution in [-0.2, 0) is 0 Å². The maximum Gasteiger partial charge on any atom is 0.0957 e. The zero-order valence-corrected chi connectivity index (χ0v) is 10.9. The molecular formula is C14H22N2O. The molecule has 3 nitrogen and oxygen atoms in total. The molecule has 2 rings (SSSR count). The van der Waals surface area contributed by atoms with Crippen LogP contribution in [0.5, 0.6) is 0 Å². The van der Waals surface area contributed by atoms with E-state index in [-0.39, 0.29) is 0 Å². The van der Waals surface area contributed by atoms with Crippen molar-refractivity contribution in [2.45, 2.75) is 33.3 Å². The number of aromatic nitrogens is 1. The van der Waals surface area contributed by atoms with Crippen molar-refractivity contribution in [2.24, 2.45) is 11.8 Å². The molecule has 1 aliphatic rings. The second-order valence-electron chi connectivity index (χ2n) is 5.22. The van der Waals surface area contributed by atoms with Crippen molar-refractivity contribution in [1.82, 2.24) is 4.98 Å². The summed E-state index contributed by atoms with van der Waals surface area (Å²) in [5.74, 6) is 1.49. The first-order chi connectivity index (χ1) is 8.11. The third-order valence-corrected chi connectivity index (χ3v) is 3.85. The molecule has 0 bridgehead atoms. The summed E-state index contributed by atoms with van der Waals surface area (Å²) >= 11 is 0. The van der Waals surface area contributed by atoms with Gasteiger partial charge in [0.05, 0.1) is 23.7 Å². The number of hydrogen-bond donors (Lipinski definition) is 1. The van der Waals surface area contributed by atoms with Gasteiger partial charge in [0.1, 0.15) is 0 Å². The molecule has 1 N–H and O–H groups in total. The Kier molecular flexibility index (Phi) is 3.67. The van der Waals surface area contributed by atoms with E-state index in [0.29, 0.717) is 6.42 Å². The normalized spacial score (nSPS) is 26.2. The summed E-state index contributed by atoms with van der Waals surface area (Å²) in [6.07, 6.45) is 2.17. The second kappa shape index (κ2) is 5.05. The maximum atomic E-state index is 9.69. The average Bonchev–Trinajstić information content (AvgIpc) is 2.69. The first kappa shape index (κ1) is 12.4. The molecule has 0 radical (unpaired) electrons. The molecule has 1 fully saturated rings. The Hall–Kier alpha value is -1.09. The van der Waals surface area contributed by atoms with Crippen molar-refractivity contribution < 1.29 is 5.11 Å². The fraction of sp³-hybridized carbons (Fsp3) is 0.643. The minimum absolute atomic E-state index is 0.430. The first-order valence-corrected chi connectivity index (χ1v) is 6.50. The third kappa shape index (κ3) is 2.60. The number of rotatable bonds is 3. The lowest BCUT2D eigenvalue weighted by Crippen LogP contribution is -2.19. The SMILES string of the molecule is CCC(O)c1ccc(N2CC(C)C(C)C2)cn1. The second-order valence-corrected chi connectivity index (χ2v) is 5.22. The van der Waals surface area contributed by atoms with E-state index in [1.165, 1.54) is 5.69 Å². The molecule has 3 atom stereocenters. The lowest BCUT2D eigenvalue weighted by atomic mass is 10.0. The minimum Gasteiger partial charge on any atom is -0.387 e. The van der Waals surface area contributed by atoms with Crippen LogP contribution in [0.25, 0.3) is 0 Å². The van der Waals surface area contributed by atoms with Crippen LogP contribution in [0.4, 0.5) is 5.69 Å². The fourth-order valence-corrected chi connectivity index (χ4v) is 2.33. The summed E-state index contributed by atoms with van der Waals surface area (Å²) in [7, 11) is 0. The van der Waals surface area contributed by atoms with Crippen molar-refractivity contribution in [3.05, 3.63) is 24.0 Å². The van der Waals surface area contributed by atoms with Crippen LogP contribution in [0.3, 0.4) is 0 Å². The van der Waals surface area contributed by atoms with Gasteiger partial charge in [0.2, 0.25) is 0 Å². The molecular weight excluding hydrogens is 212 g/mol. The number of nitrogens with zero attached hydrogens (tertiary/aromatic N) is 2. The van der Waals surface area contributed by atoms with Gasteiger partial charge in [-0.3, -0.25) is 4.98 Å². The van der Waals surface area contributed by atoms with E-state index in [1.807, 2.05) is 19.2 Å². The van der Waals surface area contributed by atoms with Crippen LogP contribution in [0.15, 0.2) is 18.3 Å². The molecule has 3 heteroatoms. The smallest absolute Gasteiger partial charge is 0.0957 e. The van der Waals surface area contributed by atoms with Gasteiger partial charge in [-0.15, -0.1) is 0 Å². The number of aliphatic hydroxyl groups excluding tert-OH is 1. The van der Waals surface area contributed by atoms with Crippen LogP contribution in [0, 0.1) is 11.8 Å². The largest absolute Gasteiger partial charge is 0.387 e. The van der Waals surface area contributed by atoms with E-state index in [4.69, 9.17) is 0 Å². The summed E-state index contributed by atoms with van der Waals surface area (Å²) < 4.78 is 0. The van der Waals surface area contributed by atoms with Gasteiger partial charge in [-0.1, -0.05) is 20.8 Å². The molecule has 1 saturated heterocycles. The lowest BCUT2D eigenvalue weighted by Gasteiger charge is -2.18. The van der Waals surface area contributed by atoms with Crippen molar-refractivity contribution in [3.63, 3.8) is 0 Å². The van der Waals surface area contributed by atoms with Crippen LogP contribution >= 0.6 is 0 Å². The zero-order chi connectivity index (χ0) is 12.4. The van der Waals surface area contributed by atoms with Crippen molar-refractivity contribution >= 4 is 5.69 Å². The first-order valence-electron chi connectivity index (χ1n) is 6.50. The summed E-state index contributed by atoms with van der Waals surface area (Å²) in [5.41, 5.74) is 1.95. The van der Waals surface area contributed by atoms with E-state index in [2.05, 4.69) is 29.8 Å². The lowest BCUT2D eigenvalue weighted by molar-refractivity contribution is 0.169. The highest BCUT2D eigenvalue weighted by Gasteiger charge is 2.26. The number of aliphatic hydroxyl groups is 1. The minimum atomic E-state index is -0.430. The molecule has 0 spiro atoms. The number of hydrogen-bond acceptors (Lipinski definition) is 3. The molecule has 1 aliphatic heterocycles. The topological polar surface area (TPSA) is 36.4 Å². The maximum absolute atomic E-state index is 9.69. The van der Waals surface area contributed by atoms with Crippen molar-refractivity contribution in [2.75, 3.05) is 18.0 Å². The molecule has 0 aromatic carbocycles. The molecule has 0 saturated carbocycles. The highest BCUT2D eigenvalue weighted by atomic mass is 16.3. The van der Waals surface area contributed by atoms with Gasteiger partial charge in [0.15, 0.2) is 0 Å². The molecule has 1 aromatic heterocycles. The highest BCUT2D eigenvalue weighted by molar-refractivity contribution is 5.46. The van der Waals surface area contributed by atoms with E-state index >= 15 is 0 Å². The van der Waals surface area contributed by atoms with Gasteiger partial charge in [-0.25, -0.2) is 0 Å². The predicted molar refractivity (Wildman–Crippen MR) is 70.0 cm³/mol. The Morgan fingerprint density at radius 1 is 1.35 bits per heavy atom. The van der Waals surface area contributed by atoms with Gasteiger partial charge >= 0.3 is 0 Å². The molecule has 3 unspecified atom stereocenters. The molecule has 1 aromatic rings. The van der Waals surface area contributed by atoms with E-state index in [1.54, 1.807) is 0 Å². The third-order valence-electron chi connectivity index (χ3n) is 3.85. The zero-order valence-electron chi connectivity index (χ0n) is 10.9. The molecule has 0 amide bonds. The van der Waals surface area contributed by atoms with E-state index in [0.717, 1.165) is 30.6 Å². The van der Waals surface area contributed by atoms with Gasteiger partial charge < -0.3 is 10.0 Å². The summed E-state index contributed by atoms with van der Waals surface area (Å²) in [6.45, 7) is 8.78. The van der Waals surface area contributed by atoms with Gasteiger partial charge in [-0.2, -0.15) is 0 Å². The van der Waals surface area contributed by atoms with Crippen LogP contribution in [0.2, 0.25) is 0 Å². The Morgan fingerprint density at radius 3 is 2.47 bits per heavy atom. The predicted octanol–water partition coefficient (Wildman–Crippen LogP) is 2.62. The Balaban J connectivity index is 2.08. The quantitative estimate of drug-likeness (QED) is 0.873. The average molecular weight is 234 g/mol. The van der Waals surface area contributed by atoms with Gasteiger partial charge in [0.25, 0.3) is 0 Å². The number of pyridine rings is 1. The monoisotopic (exact) mass is 234 g/mol. The van der Waals surface area contributed by atoms with Gasteiger partial charge in [0, 0.05) is 13.1 Å². The summed E-state index contributed by atoms with van der Waals surface area (Å²) in [6, 6.07) is 4.02. The molecule has 0 aliphatic carbocycles. The van der Waals surface area contributed by atoms with Crippen LogP contribution in [-0.4, -0.2) is 23.2 Å². The van der Waals surface area contributed by atoms with E-state index < -0.39 is 6.10 Å². The molecule has 17 heavy (non-hydrogen) atoms. The number of anilines is 1. The molecule has 2 heterocycles. The van der Waals surface area contributed by atoms with Crippen LogP contribution < -0.4 is 4.90 Å². The standard InChI is InChI=1S/C14H22N2O/c1-4-14(17)13-6-5-12(7-15-13)16-8-10(2)11(3)9-16/h5-7,10-11,14,17H,4,8-9H2,1-3H3. The Morgan fingerprint density at radius 2 is 2.00 bits per heavy atom. The van der Waals surface area contributed by atoms with E-state index in [9.17, 15) is 5.11 Å². The van der Waals surface area contributed by atoms with Crippen LogP contribution in [0.1, 0.15) is 39.0 Å². The summed E-state index contributed by atoms with van der Waals surface area (Å²) in [5, 5.41) is 9.69.